The fraction of sp³-hybridized carbons (Fsp3) is 0.200. The number of rotatable bonds is 6. The number of nitrogens with one attached hydrogen (secondary N) is 1. The van der Waals surface area contributed by atoms with Crippen LogP contribution >= 0.6 is 23.1 Å². The van der Waals surface area contributed by atoms with Gasteiger partial charge in [-0.1, -0.05) is 0 Å². The molecule has 0 aliphatic heterocycles. The molecule has 114 valence electrons. The zero-order chi connectivity index (χ0) is 15.4. The Morgan fingerprint density at radius 1 is 1.27 bits per heavy atom. The van der Waals surface area contributed by atoms with Crippen LogP contribution in [0.3, 0.4) is 0 Å². The quantitative estimate of drug-likeness (QED) is 0.701. The highest BCUT2D eigenvalue weighted by Crippen LogP contribution is 2.16. The molecule has 0 bridgehead atoms. The largest absolute Gasteiger partial charge is 0.493 e. The molecule has 2 aromatic heterocycles. The lowest BCUT2D eigenvalue weighted by atomic mass is 10.3. The number of aromatic nitrogens is 2. The summed E-state index contributed by atoms with van der Waals surface area (Å²) in [5.74, 6) is 2.41. The van der Waals surface area contributed by atoms with E-state index >= 15 is 0 Å². The van der Waals surface area contributed by atoms with Gasteiger partial charge in [-0.25, -0.2) is 9.37 Å². The zero-order valence-electron chi connectivity index (χ0n) is 11.5. The van der Waals surface area contributed by atoms with E-state index in [0.717, 1.165) is 11.3 Å². The van der Waals surface area contributed by atoms with Crippen molar-refractivity contribution in [3.8, 4) is 5.75 Å². The van der Waals surface area contributed by atoms with Crippen LogP contribution in [0, 0.1) is 5.82 Å². The summed E-state index contributed by atoms with van der Waals surface area (Å²) in [5.41, 5.74) is 0.657. The smallest absolute Gasteiger partial charge is 0.268 e. The average Bonchev–Trinajstić information content (AvgIpc) is 2.98. The van der Waals surface area contributed by atoms with Crippen LogP contribution < -0.4 is 10.3 Å². The minimum absolute atomic E-state index is 0.0850. The standard InChI is InChI=1S/C15H13FN2O2S2/c16-10-1-3-11(4-2-10)20-6-8-21-9-13-17-12-5-7-22-14(12)15(19)18-13/h1-5,7H,6,8-9H2,(H,17,18,19). The molecule has 0 aliphatic rings. The lowest BCUT2D eigenvalue weighted by Gasteiger charge is -2.05. The molecule has 0 radical (unpaired) electrons. The minimum atomic E-state index is -0.277. The Hall–Kier alpha value is -1.86. The number of hydrogen-bond acceptors (Lipinski definition) is 5. The number of benzene rings is 1. The SMILES string of the molecule is O=c1[nH]c(CSCCOc2ccc(F)cc2)nc2ccsc12. The highest BCUT2D eigenvalue weighted by atomic mass is 32.2. The Balaban J connectivity index is 1.48. The van der Waals surface area contributed by atoms with Crippen molar-refractivity contribution in [2.45, 2.75) is 5.75 Å². The maximum Gasteiger partial charge on any atom is 0.268 e. The number of fused-ring (bicyclic) bond motifs is 1. The van der Waals surface area contributed by atoms with Crippen LogP contribution in [-0.4, -0.2) is 22.3 Å². The van der Waals surface area contributed by atoms with Gasteiger partial charge >= 0.3 is 0 Å². The van der Waals surface area contributed by atoms with Gasteiger partial charge in [0.1, 0.15) is 22.1 Å². The maximum atomic E-state index is 12.7. The minimum Gasteiger partial charge on any atom is -0.493 e. The Morgan fingerprint density at radius 2 is 2.09 bits per heavy atom. The van der Waals surface area contributed by atoms with E-state index in [9.17, 15) is 9.18 Å². The Morgan fingerprint density at radius 3 is 2.91 bits per heavy atom. The first-order valence-corrected chi connectivity index (χ1v) is 8.68. The van der Waals surface area contributed by atoms with Crippen molar-refractivity contribution in [3.05, 3.63) is 57.7 Å². The summed E-state index contributed by atoms with van der Waals surface area (Å²) in [6.07, 6.45) is 0. The number of thioether (sulfide) groups is 1. The molecule has 3 rings (SSSR count). The number of thiophene rings is 1. The average molecular weight is 336 g/mol. The fourth-order valence-electron chi connectivity index (χ4n) is 1.91. The maximum absolute atomic E-state index is 12.7. The second-order valence-electron chi connectivity index (χ2n) is 4.50. The molecule has 0 saturated heterocycles. The van der Waals surface area contributed by atoms with Crippen LogP contribution in [0.1, 0.15) is 5.82 Å². The molecule has 4 nitrogen and oxygen atoms in total. The topological polar surface area (TPSA) is 55.0 Å². The van der Waals surface area contributed by atoms with Crippen LogP contribution in [0.5, 0.6) is 5.75 Å². The second-order valence-corrected chi connectivity index (χ2v) is 6.52. The van der Waals surface area contributed by atoms with Gasteiger partial charge in [0.15, 0.2) is 0 Å². The van der Waals surface area contributed by atoms with Gasteiger partial charge in [0.25, 0.3) is 5.56 Å². The van der Waals surface area contributed by atoms with E-state index in [1.54, 1.807) is 23.9 Å². The second kappa shape index (κ2) is 6.93. The predicted molar refractivity (Wildman–Crippen MR) is 88.3 cm³/mol. The van der Waals surface area contributed by atoms with E-state index in [1.165, 1.54) is 23.5 Å². The summed E-state index contributed by atoms with van der Waals surface area (Å²) < 4.78 is 18.9. The molecule has 22 heavy (non-hydrogen) atoms. The Labute approximate surface area is 134 Å². The van der Waals surface area contributed by atoms with Crippen LogP contribution in [0.4, 0.5) is 4.39 Å². The van der Waals surface area contributed by atoms with Crippen LogP contribution in [0.15, 0.2) is 40.5 Å². The van der Waals surface area contributed by atoms with Crippen molar-refractivity contribution in [3.63, 3.8) is 0 Å². The number of aromatic amines is 1. The molecule has 1 N–H and O–H groups in total. The summed E-state index contributed by atoms with van der Waals surface area (Å²) in [7, 11) is 0. The summed E-state index contributed by atoms with van der Waals surface area (Å²) in [5, 5.41) is 1.86. The van der Waals surface area contributed by atoms with Crippen molar-refractivity contribution in [2.75, 3.05) is 12.4 Å². The third-order valence-electron chi connectivity index (χ3n) is 2.91. The summed E-state index contributed by atoms with van der Waals surface area (Å²) in [4.78, 5) is 19.0. The van der Waals surface area contributed by atoms with E-state index < -0.39 is 0 Å². The highest BCUT2D eigenvalue weighted by molar-refractivity contribution is 7.98. The number of halogens is 1. The van der Waals surface area contributed by atoms with E-state index in [4.69, 9.17) is 4.74 Å². The highest BCUT2D eigenvalue weighted by Gasteiger charge is 2.05. The molecule has 0 fully saturated rings. The van der Waals surface area contributed by atoms with E-state index in [2.05, 4.69) is 9.97 Å². The fourth-order valence-corrected chi connectivity index (χ4v) is 3.31. The molecule has 0 aliphatic carbocycles. The first kappa shape index (κ1) is 15.1. The van der Waals surface area contributed by atoms with Gasteiger partial charge in [0, 0.05) is 5.75 Å². The number of nitrogens with zero attached hydrogens (tertiary/aromatic N) is 1. The third-order valence-corrected chi connectivity index (χ3v) is 4.75. The van der Waals surface area contributed by atoms with Crippen molar-refractivity contribution < 1.29 is 9.13 Å². The van der Waals surface area contributed by atoms with Gasteiger partial charge in [-0.3, -0.25) is 4.79 Å². The van der Waals surface area contributed by atoms with Crippen LogP contribution in [0.2, 0.25) is 0 Å². The van der Waals surface area contributed by atoms with Crippen LogP contribution in [-0.2, 0) is 5.75 Å². The molecule has 3 aromatic rings. The molecule has 0 atom stereocenters. The predicted octanol–water partition coefficient (Wildman–Crippen LogP) is 3.44. The monoisotopic (exact) mass is 336 g/mol. The van der Waals surface area contributed by atoms with Gasteiger partial charge in [-0.15, -0.1) is 11.3 Å². The molecule has 2 heterocycles. The Kier molecular flexibility index (Phi) is 4.74. The molecular weight excluding hydrogens is 323 g/mol. The lowest BCUT2D eigenvalue weighted by Crippen LogP contribution is -2.10. The van der Waals surface area contributed by atoms with Crippen molar-refractivity contribution >= 4 is 33.3 Å². The van der Waals surface area contributed by atoms with Crippen molar-refractivity contribution in [1.29, 1.82) is 0 Å². The summed E-state index contributed by atoms with van der Waals surface area (Å²) in [6.45, 7) is 0.515. The molecule has 7 heteroatoms. The van der Waals surface area contributed by atoms with E-state index in [1.807, 2.05) is 11.4 Å². The molecule has 0 amide bonds. The third kappa shape index (κ3) is 3.66. The van der Waals surface area contributed by atoms with Crippen molar-refractivity contribution in [1.82, 2.24) is 9.97 Å². The zero-order valence-corrected chi connectivity index (χ0v) is 13.2. The molecule has 0 spiro atoms. The Bertz CT molecular complexity index is 814. The van der Waals surface area contributed by atoms with E-state index in [-0.39, 0.29) is 11.4 Å². The lowest BCUT2D eigenvalue weighted by molar-refractivity contribution is 0.343. The first-order valence-electron chi connectivity index (χ1n) is 6.65. The van der Waals surface area contributed by atoms with Crippen LogP contribution in [0.25, 0.3) is 10.2 Å². The molecule has 1 aromatic carbocycles. The molecule has 0 saturated carbocycles. The van der Waals surface area contributed by atoms with Gasteiger partial charge in [0.05, 0.1) is 17.9 Å². The normalized spacial score (nSPS) is 11.0. The molecular formula is C15H13FN2O2S2. The van der Waals surface area contributed by atoms with Gasteiger partial charge in [0.2, 0.25) is 0 Å². The number of H-pyrrole nitrogens is 1. The number of hydrogen-bond donors (Lipinski definition) is 1. The summed E-state index contributed by atoms with van der Waals surface area (Å²) in [6, 6.07) is 7.79. The van der Waals surface area contributed by atoms with E-state index in [0.29, 0.717) is 28.6 Å². The number of ether oxygens (including phenoxy) is 1. The summed E-state index contributed by atoms with van der Waals surface area (Å²) >= 11 is 3.01. The molecule has 0 unspecified atom stereocenters. The first-order chi connectivity index (χ1) is 10.7. The van der Waals surface area contributed by atoms with Gasteiger partial charge < -0.3 is 9.72 Å². The van der Waals surface area contributed by atoms with Crippen molar-refractivity contribution in [2.24, 2.45) is 0 Å². The van der Waals surface area contributed by atoms with Gasteiger partial charge in [-0.05, 0) is 35.7 Å². The van der Waals surface area contributed by atoms with Gasteiger partial charge in [-0.2, -0.15) is 11.8 Å².